The first-order valence-electron chi connectivity index (χ1n) is 8.97. The quantitative estimate of drug-likeness (QED) is 0.458. The van der Waals surface area contributed by atoms with Gasteiger partial charge in [0.2, 0.25) is 5.91 Å². The standard InChI is InChI=1S/C18H23N3O5/c1-2-26-17(23)18(7-3-4-8-18)11-19-14-10-13-12(5-6-16(22)20-13)9-15(14)21(24)25/h9-10,19H,2-8,11H2,1H3,(H,20,22). The van der Waals surface area contributed by atoms with Gasteiger partial charge in [0.15, 0.2) is 0 Å². The van der Waals surface area contributed by atoms with Crippen molar-refractivity contribution in [1.29, 1.82) is 0 Å². The van der Waals surface area contributed by atoms with Gasteiger partial charge in [-0.3, -0.25) is 19.7 Å². The molecular weight excluding hydrogens is 338 g/mol. The fourth-order valence-electron chi connectivity index (χ4n) is 3.76. The average Bonchev–Trinajstić information content (AvgIpc) is 3.09. The third-order valence-electron chi connectivity index (χ3n) is 5.20. The van der Waals surface area contributed by atoms with Crippen LogP contribution in [0.2, 0.25) is 0 Å². The number of nitrogens with zero attached hydrogens (tertiary/aromatic N) is 1. The lowest BCUT2D eigenvalue weighted by Gasteiger charge is -2.27. The lowest BCUT2D eigenvalue weighted by Crippen LogP contribution is -2.37. The first kappa shape index (κ1) is 18.2. The lowest BCUT2D eigenvalue weighted by atomic mass is 9.86. The van der Waals surface area contributed by atoms with Crippen molar-refractivity contribution in [2.75, 3.05) is 23.8 Å². The molecule has 0 atom stereocenters. The van der Waals surface area contributed by atoms with Gasteiger partial charge in [0.05, 0.1) is 16.9 Å². The fraction of sp³-hybridized carbons (Fsp3) is 0.556. The number of hydrogen-bond donors (Lipinski definition) is 2. The summed E-state index contributed by atoms with van der Waals surface area (Å²) in [4.78, 5) is 35.1. The SMILES string of the molecule is CCOC(=O)C1(CNc2cc3c(cc2[N+](=O)[O-])CCC(=O)N3)CCCC1. The molecule has 2 aliphatic rings. The van der Waals surface area contributed by atoms with Crippen LogP contribution in [-0.2, 0) is 20.7 Å². The minimum absolute atomic E-state index is 0.0445. The second-order valence-electron chi connectivity index (χ2n) is 6.89. The van der Waals surface area contributed by atoms with Gasteiger partial charge in [-0.05, 0) is 37.8 Å². The summed E-state index contributed by atoms with van der Waals surface area (Å²) in [6, 6.07) is 3.10. The second-order valence-corrected chi connectivity index (χ2v) is 6.89. The molecule has 0 radical (unpaired) electrons. The average molecular weight is 361 g/mol. The smallest absolute Gasteiger partial charge is 0.313 e. The van der Waals surface area contributed by atoms with Crippen molar-refractivity contribution < 1.29 is 19.2 Å². The Hall–Kier alpha value is -2.64. The zero-order chi connectivity index (χ0) is 18.7. The monoisotopic (exact) mass is 361 g/mol. The summed E-state index contributed by atoms with van der Waals surface area (Å²) >= 11 is 0. The first-order chi connectivity index (χ1) is 12.4. The number of nitro benzene ring substituents is 1. The van der Waals surface area contributed by atoms with Gasteiger partial charge in [-0.1, -0.05) is 12.8 Å². The van der Waals surface area contributed by atoms with Gasteiger partial charge < -0.3 is 15.4 Å². The van der Waals surface area contributed by atoms with Crippen LogP contribution in [0, 0.1) is 15.5 Å². The van der Waals surface area contributed by atoms with Crippen molar-refractivity contribution in [3.8, 4) is 0 Å². The predicted molar refractivity (Wildman–Crippen MR) is 96.1 cm³/mol. The van der Waals surface area contributed by atoms with Crippen molar-refractivity contribution >= 4 is 28.9 Å². The molecule has 0 spiro atoms. The van der Waals surface area contributed by atoms with Crippen LogP contribution in [0.5, 0.6) is 0 Å². The second kappa shape index (κ2) is 7.31. The van der Waals surface area contributed by atoms with E-state index in [0.717, 1.165) is 18.4 Å². The van der Waals surface area contributed by atoms with E-state index in [2.05, 4.69) is 10.6 Å². The first-order valence-corrected chi connectivity index (χ1v) is 8.97. The topological polar surface area (TPSA) is 111 Å². The summed E-state index contributed by atoms with van der Waals surface area (Å²) < 4.78 is 5.23. The highest BCUT2D eigenvalue weighted by Crippen LogP contribution is 2.41. The minimum Gasteiger partial charge on any atom is -0.466 e. The number of amides is 1. The third-order valence-corrected chi connectivity index (χ3v) is 5.20. The van der Waals surface area contributed by atoms with Gasteiger partial charge in [0, 0.05) is 24.7 Å². The molecular formula is C18H23N3O5. The molecule has 1 aliphatic carbocycles. The Morgan fingerprint density at radius 2 is 2.08 bits per heavy atom. The summed E-state index contributed by atoms with van der Waals surface area (Å²) in [7, 11) is 0. The van der Waals surface area contributed by atoms with Crippen LogP contribution in [0.4, 0.5) is 17.1 Å². The number of nitrogens with one attached hydrogen (secondary N) is 2. The molecule has 1 heterocycles. The molecule has 0 unspecified atom stereocenters. The molecule has 8 nitrogen and oxygen atoms in total. The Kier molecular flexibility index (Phi) is 5.11. The number of nitro groups is 1. The van der Waals surface area contributed by atoms with Crippen LogP contribution in [0.3, 0.4) is 0 Å². The van der Waals surface area contributed by atoms with E-state index in [-0.39, 0.29) is 24.1 Å². The minimum atomic E-state index is -0.650. The maximum Gasteiger partial charge on any atom is 0.313 e. The number of benzene rings is 1. The maximum atomic E-state index is 12.4. The van der Waals surface area contributed by atoms with E-state index >= 15 is 0 Å². The highest BCUT2D eigenvalue weighted by Gasteiger charge is 2.42. The molecule has 2 N–H and O–H groups in total. The number of esters is 1. The molecule has 3 rings (SSSR count). The van der Waals surface area contributed by atoms with E-state index in [4.69, 9.17) is 4.74 Å². The van der Waals surface area contributed by atoms with Crippen LogP contribution in [0.25, 0.3) is 0 Å². The van der Waals surface area contributed by atoms with E-state index in [9.17, 15) is 19.7 Å². The van der Waals surface area contributed by atoms with Crippen LogP contribution in [-0.4, -0.2) is 30.0 Å². The Morgan fingerprint density at radius 1 is 1.35 bits per heavy atom. The molecule has 140 valence electrons. The number of fused-ring (bicyclic) bond motifs is 1. The Bertz CT molecular complexity index is 741. The fourth-order valence-corrected chi connectivity index (χ4v) is 3.76. The van der Waals surface area contributed by atoms with Gasteiger partial charge in [-0.2, -0.15) is 0 Å². The third kappa shape index (κ3) is 3.49. The van der Waals surface area contributed by atoms with Crippen molar-refractivity contribution in [3.05, 3.63) is 27.8 Å². The molecule has 8 heteroatoms. The van der Waals surface area contributed by atoms with Crippen molar-refractivity contribution in [1.82, 2.24) is 0 Å². The van der Waals surface area contributed by atoms with E-state index < -0.39 is 10.3 Å². The maximum absolute atomic E-state index is 12.4. The van der Waals surface area contributed by atoms with Crippen LogP contribution in [0.15, 0.2) is 12.1 Å². The molecule has 26 heavy (non-hydrogen) atoms. The van der Waals surface area contributed by atoms with E-state index in [1.54, 1.807) is 13.0 Å². The zero-order valence-electron chi connectivity index (χ0n) is 14.8. The van der Waals surface area contributed by atoms with Gasteiger partial charge in [-0.25, -0.2) is 0 Å². The molecule has 0 bridgehead atoms. The summed E-state index contributed by atoms with van der Waals surface area (Å²) in [5, 5.41) is 17.3. The van der Waals surface area contributed by atoms with Gasteiger partial charge in [0.25, 0.3) is 5.69 Å². The number of carbonyl (C=O) groups is 2. The van der Waals surface area contributed by atoms with Crippen molar-refractivity contribution in [3.63, 3.8) is 0 Å². The van der Waals surface area contributed by atoms with Gasteiger partial charge in [-0.15, -0.1) is 0 Å². The van der Waals surface area contributed by atoms with Gasteiger partial charge in [0.1, 0.15) is 5.69 Å². The van der Waals surface area contributed by atoms with Crippen LogP contribution >= 0.6 is 0 Å². The Morgan fingerprint density at radius 3 is 2.73 bits per heavy atom. The molecule has 1 fully saturated rings. The zero-order valence-corrected chi connectivity index (χ0v) is 14.8. The van der Waals surface area contributed by atoms with E-state index in [0.29, 0.717) is 43.7 Å². The molecule has 1 amide bonds. The number of ether oxygens (including phenoxy) is 1. The molecule has 1 aromatic rings. The van der Waals surface area contributed by atoms with Crippen molar-refractivity contribution in [2.24, 2.45) is 5.41 Å². The van der Waals surface area contributed by atoms with Crippen molar-refractivity contribution in [2.45, 2.75) is 45.4 Å². The molecule has 1 aliphatic heterocycles. The predicted octanol–water partition coefficient (Wildman–Crippen LogP) is 3.01. The Balaban J connectivity index is 1.86. The number of rotatable bonds is 6. The lowest BCUT2D eigenvalue weighted by molar-refractivity contribution is -0.384. The molecule has 0 saturated heterocycles. The summed E-state index contributed by atoms with van der Waals surface area (Å²) in [5.41, 5.74) is 0.959. The Labute approximate surface area is 151 Å². The largest absolute Gasteiger partial charge is 0.466 e. The van der Waals surface area contributed by atoms with Gasteiger partial charge >= 0.3 is 5.97 Å². The summed E-state index contributed by atoms with van der Waals surface area (Å²) in [5.74, 6) is -0.352. The van der Waals surface area contributed by atoms with Crippen LogP contribution < -0.4 is 10.6 Å². The highest BCUT2D eigenvalue weighted by atomic mass is 16.6. The number of hydrogen-bond acceptors (Lipinski definition) is 6. The summed E-state index contributed by atoms with van der Waals surface area (Å²) in [6.45, 7) is 2.36. The number of aryl methyl sites for hydroxylation is 1. The summed E-state index contributed by atoms with van der Waals surface area (Å²) in [6.07, 6.45) is 4.08. The molecule has 1 aromatic carbocycles. The van der Waals surface area contributed by atoms with E-state index in [1.165, 1.54) is 6.07 Å². The molecule has 1 saturated carbocycles. The highest BCUT2D eigenvalue weighted by molar-refractivity contribution is 5.95. The molecule has 0 aromatic heterocycles. The number of anilines is 2. The van der Waals surface area contributed by atoms with E-state index in [1.807, 2.05) is 0 Å². The number of carbonyl (C=O) groups excluding carboxylic acids is 2. The normalized spacial score (nSPS) is 18.0. The van der Waals surface area contributed by atoms with Crippen LogP contribution in [0.1, 0.15) is 44.6 Å².